The van der Waals surface area contributed by atoms with E-state index in [-0.39, 0.29) is 6.04 Å². The second-order valence-corrected chi connectivity index (χ2v) is 3.58. The largest absolute Gasteiger partial charge is 0.322 e. The van der Waals surface area contributed by atoms with Crippen LogP contribution in [-0.4, -0.2) is 20.2 Å². The second-order valence-electron chi connectivity index (χ2n) is 2.69. The van der Waals surface area contributed by atoms with Crippen molar-refractivity contribution in [2.24, 2.45) is 5.73 Å². The van der Waals surface area contributed by atoms with Gasteiger partial charge in [0.2, 0.25) is 0 Å². The summed E-state index contributed by atoms with van der Waals surface area (Å²) in [6, 6.07) is -0.0262. The molecule has 0 fully saturated rings. The van der Waals surface area contributed by atoms with Gasteiger partial charge in [0.05, 0.1) is 6.04 Å². The summed E-state index contributed by atoms with van der Waals surface area (Å²) in [7, 11) is 0. The lowest BCUT2D eigenvalue weighted by atomic mass is 10.4. The molecule has 0 aromatic carbocycles. The molecule has 0 aliphatic rings. The highest BCUT2D eigenvalue weighted by molar-refractivity contribution is 7.10. The summed E-state index contributed by atoms with van der Waals surface area (Å²) in [6.07, 6.45) is 1.46. The number of rotatable bonds is 2. The van der Waals surface area contributed by atoms with Crippen LogP contribution in [0.4, 0.5) is 0 Å². The van der Waals surface area contributed by atoms with Crippen LogP contribution in [0.3, 0.4) is 0 Å². The van der Waals surface area contributed by atoms with Gasteiger partial charge in [-0.3, -0.25) is 5.10 Å². The van der Waals surface area contributed by atoms with Crippen molar-refractivity contribution in [3.05, 3.63) is 16.7 Å². The highest BCUT2D eigenvalue weighted by Crippen LogP contribution is 2.21. The van der Waals surface area contributed by atoms with E-state index in [9.17, 15) is 0 Å². The number of H-pyrrole nitrogens is 1. The summed E-state index contributed by atoms with van der Waals surface area (Å²) in [5.74, 6) is 0.683. The average Bonchev–Trinajstić information content (AvgIpc) is 2.75. The average molecular weight is 195 g/mol. The third-order valence-electron chi connectivity index (χ3n) is 1.57. The van der Waals surface area contributed by atoms with Gasteiger partial charge in [-0.25, -0.2) is 9.97 Å². The summed E-state index contributed by atoms with van der Waals surface area (Å²) < 4.78 is 0. The molecule has 0 amide bonds. The Kier molecular flexibility index (Phi) is 2.07. The first-order valence-corrected chi connectivity index (χ1v) is 4.72. The molecule has 0 saturated carbocycles. The Labute approximate surface area is 79.0 Å². The molecule has 2 rings (SSSR count). The highest BCUT2D eigenvalue weighted by Gasteiger charge is 2.08. The number of hydrogen-bond donors (Lipinski definition) is 2. The molecule has 13 heavy (non-hydrogen) atoms. The quantitative estimate of drug-likeness (QED) is 0.747. The molecule has 5 nitrogen and oxygen atoms in total. The highest BCUT2D eigenvalue weighted by atomic mass is 32.1. The van der Waals surface area contributed by atoms with E-state index >= 15 is 0 Å². The van der Waals surface area contributed by atoms with Crippen molar-refractivity contribution in [1.82, 2.24) is 20.2 Å². The summed E-state index contributed by atoms with van der Waals surface area (Å²) >= 11 is 1.53. The Morgan fingerprint density at radius 2 is 2.46 bits per heavy atom. The lowest BCUT2D eigenvalue weighted by molar-refractivity contribution is 0.807. The van der Waals surface area contributed by atoms with Crippen molar-refractivity contribution in [3.8, 4) is 11.5 Å². The minimum absolute atomic E-state index is 0.0262. The lowest BCUT2D eigenvalue weighted by Gasteiger charge is -1.96. The monoisotopic (exact) mass is 195 g/mol. The fourth-order valence-corrected chi connectivity index (χ4v) is 1.70. The van der Waals surface area contributed by atoms with E-state index in [0.717, 1.165) is 10.7 Å². The molecule has 0 bridgehead atoms. The first-order chi connectivity index (χ1) is 6.27. The number of hydrogen-bond acceptors (Lipinski definition) is 5. The van der Waals surface area contributed by atoms with E-state index in [1.54, 1.807) is 0 Å². The molecule has 0 radical (unpaired) electrons. The predicted molar refractivity (Wildman–Crippen MR) is 50.1 cm³/mol. The zero-order valence-electron chi connectivity index (χ0n) is 7.06. The van der Waals surface area contributed by atoms with Crippen LogP contribution in [0.15, 0.2) is 11.7 Å². The van der Waals surface area contributed by atoms with Crippen molar-refractivity contribution in [2.75, 3.05) is 0 Å². The van der Waals surface area contributed by atoms with Gasteiger partial charge in [0, 0.05) is 5.38 Å². The first-order valence-electron chi connectivity index (χ1n) is 3.84. The molecule has 0 aliphatic heterocycles. The minimum Gasteiger partial charge on any atom is -0.322 e. The van der Waals surface area contributed by atoms with Crippen molar-refractivity contribution in [3.63, 3.8) is 0 Å². The van der Waals surface area contributed by atoms with E-state index < -0.39 is 0 Å². The Bertz CT molecular complexity index is 377. The zero-order chi connectivity index (χ0) is 9.26. The third kappa shape index (κ3) is 1.58. The topological polar surface area (TPSA) is 80.5 Å². The van der Waals surface area contributed by atoms with Crippen LogP contribution in [0.2, 0.25) is 0 Å². The lowest BCUT2D eigenvalue weighted by Crippen LogP contribution is -2.03. The Morgan fingerprint density at radius 1 is 1.62 bits per heavy atom. The van der Waals surface area contributed by atoms with Gasteiger partial charge in [-0.2, -0.15) is 5.10 Å². The smallest absolute Gasteiger partial charge is 0.174 e. The molecule has 2 aromatic heterocycles. The Balaban J connectivity index is 2.33. The molecular formula is C7H9N5S. The maximum atomic E-state index is 5.68. The number of nitrogens with one attached hydrogen (secondary N) is 1. The van der Waals surface area contributed by atoms with Crippen LogP contribution in [0.1, 0.15) is 18.0 Å². The van der Waals surface area contributed by atoms with Crippen molar-refractivity contribution in [1.29, 1.82) is 0 Å². The van der Waals surface area contributed by atoms with Gasteiger partial charge >= 0.3 is 0 Å². The molecular weight excluding hydrogens is 186 g/mol. The number of aromatic nitrogens is 4. The van der Waals surface area contributed by atoms with Gasteiger partial charge in [-0.05, 0) is 6.92 Å². The van der Waals surface area contributed by atoms with E-state index in [1.807, 2.05) is 12.3 Å². The number of nitrogens with two attached hydrogens (primary N) is 1. The van der Waals surface area contributed by atoms with Gasteiger partial charge < -0.3 is 5.73 Å². The molecule has 0 saturated heterocycles. The molecule has 1 atom stereocenters. The summed E-state index contributed by atoms with van der Waals surface area (Å²) in [6.45, 7) is 1.91. The molecule has 68 valence electrons. The summed E-state index contributed by atoms with van der Waals surface area (Å²) in [5, 5.41) is 9.32. The van der Waals surface area contributed by atoms with Crippen LogP contribution in [0.25, 0.3) is 11.5 Å². The van der Waals surface area contributed by atoms with Gasteiger partial charge in [0.25, 0.3) is 0 Å². The van der Waals surface area contributed by atoms with Crippen molar-refractivity contribution < 1.29 is 0 Å². The normalized spacial score (nSPS) is 13.1. The van der Waals surface area contributed by atoms with E-state index in [1.165, 1.54) is 17.7 Å². The van der Waals surface area contributed by atoms with Crippen LogP contribution in [-0.2, 0) is 0 Å². The van der Waals surface area contributed by atoms with Gasteiger partial charge in [-0.15, -0.1) is 11.3 Å². The van der Waals surface area contributed by atoms with Gasteiger partial charge in [-0.1, -0.05) is 0 Å². The molecule has 0 aliphatic carbocycles. The fraction of sp³-hybridized carbons (Fsp3) is 0.286. The van der Waals surface area contributed by atoms with E-state index in [0.29, 0.717) is 5.82 Å². The third-order valence-corrected chi connectivity index (χ3v) is 2.61. The van der Waals surface area contributed by atoms with Crippen molar-refractivity contribution >= 4 is 11.3 Å². The van der Waals surface area contributed by atoms with Crippen LogP contribution in [0, 0.1) is 0 Å². The van der Waals surface area contributed by atoms with Crippen molar-refractivity contribution in [2.45, 2.75) is 13.0 Å². The summed E-state index contributed by atoms with van der Waals surface area (Å²) in [5.41, 5.74) is 6.48. The van der Waals surface area contributed by atoms with E-state index in [4.69, 9.17) is 5.73 Å². The maximum absolute atomic E-state index is 5.68. The summed E-state index contributed by atoms with van der Waals surface area (Å²) in [4.78, 5) is 8.31. The Morgan fingerprint density at radius 3 is 3.00 bits per heavy atom. The molecule has 1 unspecified atom stereocenters. The number of thiazole rings is 1. The maximum Gasteiger partial charge on any atom is 0.174 e. The SMILES string of the molecule is CC(N)c1nc(-c2ncn[nH]2)cs1. The Hall–Kier alpha value is -1.27. The van der Waals surface area contributed by atoms with Crippen LogP contribution < -0.4 is 5.73 Å². The van der Waals surface area contributed by atoms with Crippen LogP contribution in [0.5, 0.6) is 0 Å². The molecule has 2 aromatic rings. The van der Waals surface area contributed by atoms with Gasteiger partial charge in [0.15, 0.2) is 5.82 Å². The first kappa shape index (κ1) is 8.33. The zero-order valence-corrected chi connectivity index (χ0v) is 7.88. The minimum atomic E-state index is -0.0262. The standard InChI is InChI=1S/C7H9N5S/c1-4(8)7-11-5(2-13-7)6-9-3-10-12-6/h2-4H,8H2,1H3,(H,9,10,12). The second kappa shape index (κ2) is 3.23. The van der Waals surface area contributed by atoms with Crippen LogP contribution >= 0.6 is 11.3 Å². The predicted octanol–water partition coefficient (Wildman–Crippen LogP) is 0.948. The fourth-order valence-electron chi connectivity index (χ4n) is 0.934. The molecule has 0 spiro atoms. The molecule has 3 N–H and O–H groups in total. The molecule has 6 heteroatoms. The molecule has 2 heterocycles. The van der Waals surface area contributed by atoms with Gasteiger partial charge in [0.1, 0.15) is 17.0 Å². The number of nitrogens with zero attached hydrogens (tertiary/aromatic N) is 3. The van der Waals surface area contributed by atoms with E-state index in [2.05, 4.69) is 20.2 Å². The number of aromatic amines is 1.